The molecule has 0 rings (SSSR count). The monoisotopic (exact) mass is 2130 g/mol. The summed E-state index contributed by atoms with van der Waals surface area (Å²) in [6, 6.07) is 0. The van der Waals surface area contributed by atoms with Crippen molar-refractivity contribution in [2.24, 2.45) is 0 Å². The van der Waals surface area contributed by atoms with E-state index in [2.05, 4.69) is 361 Å². The summed E-state index contributed by atoms with van der Waals surface area (Å²) in [7, 11) is 0. The molecule has 16 heteroatoms. The van der Waals surface area contributed by atoms with Crippen molar-refractivity contribution in [3.05, 3.63) is 3.86 Å². The summed E-state index contributed by atoms with van der Waals surface area (Å²) in [4.78, 5) is 0. The molecule has 0 aromatic rings. The van der Waals surface area contributed by atoms with Crippen LogP contribution in [0.15, 0.2) is 0 Å². The zero-order chi connectivity index (χ0) is 20.2. The molecule has 0 amide bonds. The Morgan fingerprint density at radius 1 is 0.333 bits per heavy atom. The van der Waals surface area contributed by atoms with Gasteiger partial charge in [-0.1, -0.05) is 361 Å². The number of halogens is 16. The molecule has 0 saturated carbocycles. The molecule has 0 N–H and O–H groups in total. The molecule has 2 radical (unpaired) electrons. The molecule has 0 bridgehead atoms. The Morgan fingerprint density at radius 3 is 0.625 bits per heavy atom. The summed E-state index contributed by atoms with van der Waals surface area (Å²) in [5.74, 6) is 0. The minimum Gasteiger partial charge on any atom is -0.0623 e. The second-order valence-corrected chi connectivity index (χ2v) is 44.2. The van der Waals surface area contributed by atoms with Gasteiger partial charge in [0.05, 0.1) is 0 Å². The first kappa shape index (κ1) is 35.7. The highest BCUT2D eigenvalue weighted by molar-refractivity contribution is 14.2. The smallest absolute Gasteiger partial charge is 0.0623 e. The molecule has 0 aliphatic carbocycles. The van der Waals surface area contributed by atoms with Crippen LogP contribution in [0.1, 0.15) is 0 Å². The Kier molecular flexibility index (Phi) is 20.3. The van der Waals surface area contributed by atoms with Crippen LogP contribution in [0, 0.1) is 3.86 Å². The van der Waals surface area contributed by atoms with Crippen LogP contribution in [-0.4, -0.2) is 8.57 Å². The Hall–Kier alpha value is 11.7. The van der Waals surface area contributed by atoms with Gasteiger partial charge in [-0.05, 0) is 0 Å². The minimum absolute atomic E-state index is 0.000481. The molecule has 0 nitrogen and oxygen atoms in total. The van der Waals surface area contributed by atoms with Crippen molar-refractivity contribution in [1.29, 1.82) is 0 Å². The number of rotatable bonds is 7. The molecule has 0 aliphatic heterocycles. The minimum atomic E-state index is -0.0194. The molecule has 0 fully saturated rings. The molecule has 0 aromatic carbocycles. The fraction of sp³-hybridized carbons (Fsp3) is 0.750. The summed E-state index contributed by atoms with van der Waals surface area (Å²) in [6.07, 6.45) is 0. The standard InChI is InChI=1S/C8I16/c9-1(10)3(13,14)5(17,18)7(21,22)8(23,24)6(19,20)4(15,16)2(11)12. The van der Waals surface area contributed by atoms with Gasteiger partial charge >= 0.3 is 0 Å². The zero-order valence-corrected chi connectivity index (χ0v) is 44.6. The second-order valence-electron chi connectivity index (χ2n) is 3.97. The predicted molar refractivity (Wildman–Crippen MR) is 247 cm³/mol. The molecule has 0 aliphatic rings. The highest BCUT2D eigenvalue weighted by atomic mass is 127. The largest absolute Gasteiger partial charge is 0.125 e. The topological polar surface area (TPSA) is 0 Å². The van der Waals surface area contributed by atoms with E-state index in [4.69, 9.17) is 0 Å². The summed E-state index contributed by atoms with van der Waals surface area (Å²) in [5.41, 5.74) is 0. The number of alkyl halides is 12. The fourth-order valence-electron chi connectivity index (χ4n) is 1.03. The van der Waals surface area contributed by atoms with E-state index in [0.717, 1.165) is 0 Å². The lowest BCUT2D eigenvalue weighted by molar-refractivity contribution is 0.722. The summed E-state index contributed by atoms with van der Waals surface area (Å²) in [5, 5.41) is 0. The molecule has 0 saturated heterocycles. The lowest BCUT2D eigenvalue weighted by Crippen LogP contribution is -2.64. The van der Waals surface area contributed by atoms with Crippen molar-refractivity contribution >= 4 is 361 Å². The average molecular weight is 2130 g/mol. The maximum Gasteiger partial charge on any atom is 0.125 e. The second kappa shape index (κ2) is 13.7. The lowest BCUT2D eigenvalue weighted by atomic mass is 10.1. The molecule has 0 heterocycles. The van der Waals surface area contributed by atoms with Gasteiger partial charge in [-0.2, -0.15) is 0 Å². The first-order valence-corrected chi connectivity index (χ1v) is 22.0. The average Bonchev–Trinajstić information content (AvgIpc) is 2.36. The number of hydrogen-bond acceptors (Lipinski definition) is 0. The normalized spacial score (nSPS) is 16.2. The Balaban J connectivity index is 6.38. The third-order valence-electron chi connectivity index (χ3n) is 2.45. The third kappa shape index (κ3) is 7.63. The van der Waals surface area contributed by atoms with Gasteiger partial charge in [0.1, 0.15) is 12.4 Å². The first-order chi connectivity index (χ1) is 10.1. The van der Waals surface area contributed by atoms with Crippen molar-refractivity contribution in [2.75, 3.05) is 0 Å². The van der Waals surface area contributed by atoms with Crippen molar-refractivity contribution in [2.45, 2.75) is 8.57 Å². The summed E-state index contributed by atoms with van der Waals surface area (Å²) >= 11 is 42.0. The molecular weight excluding hydrogens is 2130 g/mol. The van der Waals surface area contributed by atoms with Crippen molar-refractivity contribution in [3.8, 4) is 0 Å². The van der Waals surface area contributed by atoms with Crippen LogP contribution >= 0.6 is 361 Å². The maximum absolute atomic E-state index is 2.71. The third-order valence-corrected chi connectivity index (χ3v) is 52.9. The van der Waals surface area contributed by atoms with E-state index in [1.54, 1.807) is 0 Å². The van der Waals surface area contributed by atoms with Gasteiger partial charge in [0, 0.05) is 0 Å². The van der Waals surface area contributed by atoms with E-state index < -0.39 is 0 Å². The first-order valence-electron chi connectivity index (χ1n) is 4.77. The van der Waals surface area contributed by atoms with Gasteiger partial charge in [-0.3, -0.25) is 0 Å². The van der Waals surface area contributed by atoms with E-state index in [9.17, 15) is 0 Å². The van der Waals surface area contributed by atoms with Crippen molar-refractivity contribution in [1.82, 2.24) is 0 Å². The molecule has 24 heavy (non-hydrogen) atoms. The van der Waals surface area contributed by atoms with Crippen LogP contribution < -0.4 is 0 Å². The van der Waals surface area contributed by atoms with E-state index >= 15 is 0 Å². The fourth-order valence-corrected chi connectivity index (χ4v) is 22.6. The van der Waals surface area contributed by atoms with Crippen LogP contribution in [0.5, 0.6) is 0 Å². The molecule has 0 aromatic heterocycles. The van der Waals surface area contributed by atoms with Crippen LogP contribution in [0.4, 0.5) is 0 Å². The predicted octanol–water partition coefficient (Wildman–Crippen LogP) is 13.1. The van der Waals surface area contributed by atoms with Crippen molar-refractivity contribution in [3.63, 3.8) is 0 Å². The van der Waals surface area contributed by atoms with Crippen LogP contribution in [0.2, 0.25) is 0 Å². The van der Waals surface area contributed by atoms with E-state index in [1.165, 1.54) is 3.86 Å². The summed E-state index contributed by atoms with van der Waals surface area (Å²) in [6.45, 7) is 0. The lowest BCUT2D eigenvalue weighted by Gasteiger charge is -2.55. The molecule has 144 valence electrons. The van der Waals surface area contributed by atoms with Gasteiger partial charge in [-0.15, -0.1) is 0 Å². The van der Waals surface area contributed by atoms with Crippen LogP contribution in [-0.2, 0) is 0 Å². The van der Waals surface area contributed by atoms with E-state index in [-0.39, 0.29) is 8.57 Å². The van der Waals surface area contributed by atoms with E-state index in [1.807, 2.05) is 0 Å². The zero-order valence-electron chi connectivity index (χ0n) is 10.0. The Labute approximate surface area is 361 Å². The van der Waals surface area contributed by atoms with Gasteiger partial charge in [-0.25, -0.2) is 0 Å². The van der Waals surface area contributed by atoms with Gasteiger partial charge in [0.15, 0.2) is 0 Å². The van der Waals surface area contributed by atoms with Crippen LogP contribution in [0.3, 0.4) is 0 Å². The van der Waals surface area contributed by atoms with E-state index in [0.29, 0.717) is 0 Å². The van der Waals surface area contributed by atoms with Gasteiger partial charge in [0.2, 0.25) is 0 Å². The maximum atomic E-state index is 2.71. The Bertz CT molecular complexity index is 405. The quantitative estimate of drug-likeness (QED) is 0.176. The Morgan fingerprint density at radius 2 is 0.500 bits per heavy atom. The van der Waals surface area contributed by atoms with Gasteiger partial charge < -0.3 is 0 Å². The highest BCUT2D eigenvalue weighted by Crippen LogP contribution is 2.78. The molecule has 0 spiro atoms. The molecule has 0 atom stereocenters. The molecule has 0 unspecified atom stereocenters. The summed E-state index contributed by atoms with van der Waals surface area (Å²) < 4.78 is 2.79. The van der Waals surface area contributed by atoms with Crippen LogP contribution in [0.25, 0.3) is 0 Å². The molecular formula is C8I16. The van der Waals surface area contributed by atoms with Crippen molar-refractivity contribution < 1.29 is 0 Å². The SMILES string of the molecule is I[C](I)C(I)(I)C(I)(I)C(I)(I)C(I)(I)C(I)(I)C(I)(I)[C](I)I. The highest BCUT2D eigenvalue weighted by Gasteiger charge is 2.74. The van der Waals surface area contributed by atoms with Gasteiger partial charge in [0.25, 0.3) is 0 Å². The number of hydrogen-bond donors (Lipinski definition) is 0.